The highest BCUT2D eigenvalue weighted by molar-refractivity contribution is 5.74. The van der Waals surface area contributed by atoms with Crippen molar-refractivity contribution < 1.29 is 24.1 Å². The Morgan fingerprint density at radius 2 is 2.08 bits per heavy atom. The van der Waals surface area contributed by atoms with Crippen molar-refractivity contribution in [1.82, 2.24) is 0 Å². The summed E-state index contributed by atoms with van der Waals surface area (Å²) in [7, 11) is 0. The number of carbonyl (C=O) groups excluding carboxylic acids is 1. The minimum atomic E-state index is -0.672. The van der Waals surface area contributed by atoms with Crippen LogP contribution in [0.3, 0.4) is 0 Å². The topological polar surface area (TPSA) is 65.0 Å². The third kappa shape index (κ3) is 2.39. The Morgan fingerprint density at radius 1 is 1.20 bits per heavy atom. The molecule has 136 valence electrons. The molecule has 5 aliphatic rings. The van der Waals surface area contributed by atoms with Gasteiger partial charge in [-0.05, 0) is 55.9 Å². The summed E-state index contributed by atoms with van der Waals surface area (Å²) in [6.45, 7) is 2.36. The molecule has 2 unspecified atom stereocenters. The Balaban J connectivity index is 1.46. The van der Waals surface area contributed by atoms with Gasteiger partial charge in [0.1, 0.15) is 6.10 Å². The molecule has 0 spiro atoms. The fraction of sp³-hybridized carbons (Fsp3) is 0.750. The van der Waals surface area contributed by atoms with Crippen LogP contribution in [0.25, 0.3) is 0 Å². The van der Waals surface area contributed by atoms with Crippen molar-refractivity contribution in [2.75, 3.05) is 6.61 Å². The molecule has 25 heavy (non-hydrogen) atoms. The van der Waals surface area contributed by atoms with E-state index in [-0.39, 0.29) is 30.0 Å². The number of rotatable bonds is 0. The maximum atomic E-state index is 13.0. The minimum absolute atomic E-state index is 0.0252. The Kier molecular flexibility index (Phi) is 3.55. The molecule has 1 N–H and O–H groups in total. The number of esters is 1. The second-order valence-corrected chi connectivity index (χ2v) is 8.46. The first kappa shape index (κ1) is 15.9. The van der Waals surface area contributed by atoms with Crippen molar-refractivity contribution in [3.63, 3.8) is 0 Å². The summed E-state index contributed by atoms with van der Waals surface area (Å²) in [6, 6.07) is 0. The molecular weight excluding hydrogens is 320 g/mol. The second-order valence-electron chi connectivity index (χ2n) is 8.46. The van der Waals surface area contributed by atoms with E-state index in [9.17, 15) is 9.90 Å². The van der Waals surface area contributed by atoms with Crippen molar-refractivity contribution in [2.45, 2.75) is 63.4 Å². The van der Waals surface area contributed by atoms with Crippen LogP contribution in [0, 0.1) is 23.7 Å². The quantitative estimate of drug-likeness (QED) is 0.540. The number of aliphatic hydroxyl groups is 1. The first-order chi connectivity index (χ1) is 12.0. The normalized spacial score (nSPS) is 48.5. The summed E-state index contributed by atoms with van der Waals surface area (Å²) < 4.78 is 17.6. The monoisotopic (exact) mass is 346 g/mol. The molecule has 0 aromatic rings. The van der Waals surface area contributed by atoms with Crippen LogP contribution in [-0.4, -0.2) is 35.7 Å². The van der Waals surface area contributed by atoms with Gasteiger partial charge in [-0.15, -0.1) is 0 Å². The highest BCUT2D eigenvalue weighted by Crippen LogP contribution is 2.51. The van der Waals surface area contributed by atoms with Gasteiger partial charge in [-0.25, -0.2) is 0 Å². The lowest BCUT2D eigenvalue weighted by atomic mass is 9.64. The number of hydrogen-bond donors (Lipinski definition) is 1. The van der Waals surface area contributed by atoms with Crippen LogP contribution in [-0.2, 0) is 19.0 Å². The number of hydrogen-bond acceptors (Lipinski definition) is 5. The Hall–Kier alpha value is -1.33. The van der Waals surface area contributed by atoms with Gasteiger partial charge in [0, 0.05) is 6.92 Å². The van der Waals surface area contributed by atoms with Crippen molar-refractivity contribution in [3.8, 4) is 0 Å². The molecule has 1 saturated carbocycles. The van der Waals surface area contributed by atoms with E-state index in [4.69, 9.17) is 14.2 Å². The molecule has 2 saturated heterocycles. The molecule has 0 bridgehead atoms. The van der Waals surface area contributed by atoms with Gasteiger partial charge in [-0.1, -0.05) is 11.6 Å². The molecule has 3 heterocycles. The van der Waals surface area contributed by atoms with Gasteiger partial charge in [-0.2, -0.15) is 0 Å². The number of aliphatic hydroxyl groups excluding tert-OH is 1. The van der Waals surface area contributed by atoms with Crippen LogP contribution >= 0.6 is 0 Å². The number of ether oxygens (including phenoxy) is 3. The van der Waals surface area contributed by atoms with Crippen LogP contribution in [0.2, 0.25) is 0 Å². The standard InChI is InChI=1S/C20H26O5/c1-20-18-12(9-23-20)3-5-15-14-7-4-13(21)8-11(14)2-6-16(15)19(22)25-17(18)10-24-20/h2,9,13-18,21H,3-8,10H2,1H3/t13?,14-,15+,16+,17?,18+,20-/m0/s1. The summed E-state index contributed by atoms with van der Waals surface area (Å²) in [5, 5.41) is 9.99. The van der Waals surface area contributed by atoms with Crippen LogP contribution < -0.4 is 0 Å². The first-order valence-electron chi connectivity index (χ1n) is 9.63. The van der Waals surface area contributed by atoms with Gasteiger partial charge in [-0.3, -0.25) is 4.79 Å². The number of fused-ring (bicyclic) bond motifs is 3. The summed E-state index contributed by atoms with van der Waals surface area (Å²) in [5.74, 6) is -0.0507. The number of allylic oxidation sites excluding steroid dienone is 1. The Bertz CT molecular complexity index is 652. The second kappa shape index (κ2) is 5.58. The van der Waals surface area contributed by atoms with E-state index < -0.39 is 5.79 Å². The van der Waals surface area contributed by atoms with Gasteiger partial charge in [0.15, 0.2) is 0 Å². The van der Waals surface area contributed by atoms with Gasteiger partial charge in [0.2, 0.25) is 5.79 Å². The highest BCUT2D eigenvalue weighted by atomic mass is 16.7. The first-order valence-corrected chi connectivity index (χ1v) is 9.63. The SMILES string of the molecule is C[C@]12OC=C3CC[C@H]4[C@@H](CC=C5CC(O)CC[C@@H]54)C(=O)OC(CO1)[C@@H]32. The molecule has 0 radical (unpaired) electrons. The fourth-order valence-corrected chi connectivity index (χ4v) is 5.82. The van der Waals surface area contributed by atoms with Gasteiger partial charge in [0.05, 0.1) is 30.8 Å². The molecule has 0 aromatic carbocycles. The predicted octanol–water partition coefficient (Wildman–Crippen LogP) is 2.69. The van der Waals surface area contributed by atoms with Gasteiger partial charge >= 0.3 is 5.97 Å². The molecule has 7 atom stereocenters. The zero-order valence-corrected chi connectivity index (χ0v) is 14.6. The lowest BCUT2D eigenvalue weighted by Crippen LogP contribution is -2.39. The average molecular weight is 346 g/mol. The summed E-state index contributed by atoms with van der Waals surface area (Å²) in [5.41, 5.74) is 2.59. The Labute approximate surface area is 148 Å². The lowest BCUT2D eigenvalue weighted by Gasteiger charge is -2.41. The smallest absolute Gasteiger partial charge is 0.309 e. The summed E-state index contributed by atoms with van der Waals surface area (Å²) >= 11 is 0. The summed E-state index contributed by atoms with van der Waals surface area (Å²) in [6.07, 6.45) is 8.83. The molecule has 5 nitrogen and oxygen atoms in total. The Morgan fingerprint density at radius 3 is 2.96 bits per heavy atom. The average Bonchev–Trinajstić information content (AvgIpc) is 3.09. The largest absolute Gasteiger partial charge is 0.469 e. The minimum Gasteiger partial charge on any atom is -0.469 e. The molecule has 2 aliphatic carbocycles. The van der Waals surface area contributed by atoms with Gasteiger partial charge in [0.25, 0.3) is 0 Å². The predicted molar refractivity (Wildman–Crippen MR) is 89.2 cm³/mol. The molecule has 3 fully saturated rings. The van der Waals surface area contributed by atoms with E-state index in [2.05, 4.69) is 6.08 Å². The fourth-order valence-electron chi connectivity index (χ4n) is 5.82. The van der Waals surface area contributed by atoms with Gasteiger partial charge < -0.3 is 19.3 Å². The highest BCUT2D eigenvalue weighted by Gasteiger charge is 2.56. The maximum absolute atomic E-state index is 13.0. The lowest BCUT2D eigenvalue weighted by molar-refractivity contribution is -0.165. The van der Waals surface area contributed by atoms with Crippen molar-refractivity contribution >= 4 is 5.97 Å². The van der Waals surface area contributed by atoms with E-state index in [0.29, 0.717) is 18.4 Å². The van der Waals surface area contributed by atoms with Crippen molar-refractivity contribution in [2.24, 2.45) is 23.7 Å². The van der Waals surface area contributed by atoms with E-state index >= 15 is 0 Å². The molecule has 5 heteroatoms. The van der Waals surface area contributed by atoms with E-state index in [1.54, 1.807) is 0 Å². The molecule has 0 aromatic heterocycles. The molecule has 3 aliphatic heterocycles. The maximum Gasteiger partial charge on any atom is 0.309 e. The number of carbonyl (C=O) groups is 1. The van der Waals surface area contributed by atoms with E-state index in [0.717, 1.165) is 38.5 Å². The molecule has 0 amide bonds. The third-order valence-electron chi connectivity index (χ3n) is 7.08. The van der Waals surface area contributed by atoms with Crippen LogP contribution in [0.15, 0.2) is 23.5 Å². The van der Waals surface area contributed by atoms with E-state index in [1.165, 1.54) is 11.1 Å². The third-order valence-corrected chi connectivity index (χ3v) is 7.08. The zero-order valence-electron chi connectivity index (χ0n) is 14.6. The summed E-state index contributed by atoms with van der Waals surface area (Å²) in [4.78, 5) is 13.0. The van der Waals surface area contributed by atoms with Crippen LogP contribution in [0.5, 0.6) is 0 Å². The molecule has 5 rings (SSSR count). The van der Waals surface area contributed by atoms with Crippen molar-refractivity contribution in [1.29, 1.82) is 0 Å². The van der Waals surface area contributed by atoms with E-state index in [1.807, 2.05) is 13.2 Å². The van der Waals surface area contributed by atoms with Crippen LogP contribution in [0.1, 0.15) is 45.4 Å². The molecular formula is C20H26O5. The zero-order chi connectivity index (χ0) is 17.2. The van der Waals surface area contributed by atoms with Crippen LogP contribution in [0.4, 0.5) is 0 Å². The van der Waals surface area contributed by atoms with Crippen molar-refractivity contribution in [3.05, 3.63) is 23.5 Å².